The number of methoxy groups -OCH3 is 1. The first-order valence-electron chi connectivity index (χ1n) is 5.56. The Morgan fingerprint density at radius 3 is 2.61 bits per heavy atom. The zero-order valence-corrected chi connectivity index (χ0v) is 12.3. The second-order valence-corrected chi connectivity index (χ2v) is 5.09. The van der Waals surface area contributed by atoms with Crippen LogP contribution in [0.4, 0.5) is 0 Å². The van der Waals surface area contributed by atoms with Crippen molar-refractivity contribution in [1.29, 1.82) is 0 Å². The average molecular weight is 313 g/mol. The van der Waals surface area contributed by atoms with Gasteiger partial charge >= 0.3 is 0 Å². The molecule has 0 heterocycles. The molecule has 0 bridgehead atoms. The van der Waals surface area contributed by atoms with Gasteiger partial charge in [0.05, 0.1) is 22.8 Å². The number of aliphatic hydroxyl groups excluding tert-OH is 1. The Balaban J connectivity index is 2.42. The zero-order chi connectivity index (χ0) is 13.5. The summed E-state index contributed by atoms with van der Waals surface area (Å²) in [7, 11) is 1.56. The van der Waals surface area contributed by atoms with Gasteiger partial charge in [0.25, 0.3) is 0 Å². The number of ether oxygens (including phenoxy) is 1. The first-order valence-corrected chi connectivity index (χ1v) is 6.69. The van der Waals surface area contributed by atoms with Crippen molar-refractivity contribution in [2.45, 2.75) is 19.1 Å². The van der Waals surface area contributed by atoms with Gasteiger partial charge in [0.15, 0.2) is 0 Å². The second kappa shape index (κ2) is 8.20. The van der Waals surface area contributed by atoms with Crippen LogP contribution in [0.25, 0.3) is 0 Å². The molecule has 0 saturated carbocycles. The first kappa shape index (κ1) is 16.0. The minimum Gasteiger partial charge on any atom is -0.391 e. The van der Waals surface area contributed by atoms with E-state index in [0.29, 0.717) is 41.2 Å². The van der Waals surface area contributed by atoms with Gasteiger partial charge in [-0.1, -0.05) is 34.8 Å². The predicted octanol–water partition coefficient (Wildman–Crippen LogP) is 3.13. The largest absolute Gasteiger partial charge is 0.391 e. The normalized spacial score (nSPS) is 12.7. The number of aliphatic hydroxyl groups is 1. The topological polar surface area (TPSA) is 41.5 Å². The Hall–Kier alpha value is -0.0300. The van der Waals surface area contributed by atoms with Gasteiger partial charge in [0.1, 0.15) is 0 Å². The van der Waals surface area contributed by atoms with Crippen molar-refractivity contribution in [1.82, 2.24) is 5.32 Å². The minimum absolute atomic E-state index is 0.334. The molecular weight excluding hydrogens is 296 g/mol. The third-order valence-electron chi connectivity index (χ3n) is 2.45. The van der Waals surface area contributed by atoms with Gasteiger partial charge in [-0.05, 0) is 25.1 Å². The molecule has 0 spiro atoms. The Kier molecular flexibility index (Phi) is 7.30. The van der Waals surface area contributed by atoms with Gasteiger partial charge in [-0.15, -0.1) is 0 Å². The van der Waals surface area contributed by atoms with Gasteiger partial charge in [-0.2, -0.15) is 0 Å². The van der Waals surface area contributed by atoms with Crippen LogP contribution in [0.5, 0.6) is 0 Å². The lowest BCUT2D eigenvalue weighted by molar-refractivity contribution is 0.0594. The number of hydrogen-bond acceptors (Lipinski definition) is 3. The summed E-state index contributed by atoms with van der Waals surface area (Å²) in [6.07, 6.45) is 0.136. The molecule has 0 aromatic heterocycles. The number of hydrogen-bond donors (Lipinski definition) is 2. The van der Waals surface area contributed by atoms with E-state index in [4.69, 9.17) is 39.5 Å². The first-order chi connectivity index (χ1) is 8.56. The van der Waals surface area contributed by atoms with E-state index < -0.39 is 6.10 Å². The molecule has 102 valence electrons. The fraction of sp³-hybridized carbons (Fsp3) is 0.500. The molecule has 0 saturated heterocycles. The molecule has 1 unspecified atom stereocenters. The third-order valence-corrected chi connectivity index (χ3v) is 3.65. The molecule has 1 rings (SSSR count). The predicted molar refractivity (Wildman–Crippen MR) is 75.7 cm³/mol. The summed E-state index contributed by atoms with van der Waals surface area (Å²) in [5.41, 5.74) is 0.770. The van der Waals surface area contributed by atoms with Crippen molar-refractivity contribution in [2.24, 2.45) is 0 Å². The average Bonchev–Trinajstić information content (AvgIpc) is 2.33. The number of nitrogens with one attached hydrogen (secondary N) is 1. The maximum atomic E-state index is 9.46. The van der Waals surface area contributed by atoms with Gasteiger partial charge < -0.3 is 15.2 Å². The summed E-state index contributed by atoms with van der Waals surface area (Å²) in [4.78, 5) is 0. The molecule has 6 heteroatoms. The Morgan fingerprint density at radius 2 is 1.94 bits per heavy atom. The lowest BCUT2D eigenvalue weighted by Gasteiger charge is -2.12. The summed E-state index contributed by atoms with van der Waals surface area (Å²) >= 11 is 18.0. The van der Waals surface area contributed by atoms with E-state index >= 15 is 0 Å². The van der Waals surface area contributed by atoms with Crippen LogP contribution in [-0.2, 0) is 11.3 Å². The van der Waals surface area contributed by atoms with E-state index in [9.17, 15) is 5.11 Å². The molecule has 0 amide bonds. The Morgan fingerprint density at radius 1 is 1.28 bits per heavy atom. The highest BCUT2D eigenvalue weighted by atomic mass is 35.5. The van der Waals surface area contributed by atoms with E-state index in [1.165, 1.54) is 0 Å². The summed E-state index contributed by atoms with van der Waals surface area (Å²) < 4.78 is 4.84. The van der Waals surface area contributed by atoms with E-state index in [1.807, 2.05) is 0 Å². The van der Waals surface area contributed by atoms with Crippen LogP contribution in [0.2, 0.25) is 15.1 Å². The number of benzene rings is 1. The molecule has 0 radical (unpaired) electrons. The van der Waals surface area contributed by atoms with E-state index in [0.717, 1.165) is 5.56 Å². The molecule has 1 atom stereocenters. The van der Waals surface area contributed by atoms with Gasteiger partial charge in [-0.3, -0.25) is 0 Å². The lowest BCUT2D eigenvalue weighted by atomic mass is 10.2. The van der Waals surface area contributed by atoms with Crippen LogP contribution in [0.15, 0.2) is 12.1 Å². The van der Waals surface area contributed by atoms with E-state index in [2.05, 4.69) is 5.32 Å². The molecule has 1 aromatic carbocycles. The van der Waals surface area contributed by atoms with Crippen LogP contribution in [0.3, 0.4) is 0 Å². The van der Waals surface area contributed by atoms with Crippen molar-refractivity contribution in [3.05, 3.63) is 32.8 Å². The molecular formula is C12H16Cl3NO2. The lowest BCUT2D eigenvalue weighted by Crippen LogP contribution is -2.23. The maximum Gasteiger partial charge on any atom is 0.0785 e. The van der Waals surface area contributed by atoms with Gasteiger partial charge in [0.2, 0.25) is 0 Å². The van der Waals surface area contributed by atoms with Crippen LogP contribution in [0.1, 0.15) is 12.0 Å². The smallest absolute Gasteiger partial charge is 0.0785 e. The van der Waals surface area contributed by atoms with Crippen molar-refractivity contribution in [3.63, 3.8) is 0 Å². The van der Waals surface area contributed by atoms with Crippen molar-refractivity contribution in [2.75, 3.05) is 20.3 Å². The summed E-state index contributed by atoms with van der Waals surface area (Å²) in [5, 5.41) is 14.1. The fourth-order valence-electron chi connectivity index (χ4n) is 1.49. The fourth-order valence-corrected chi connectivity index (χ4v) is 2.17. The zero-order valence-electron chi connectivity index (χ0n) is 10.0. The van der Waals surface area contributed by atoms with Crippen LogP contribution < -0.4 is 5.32 Å². The van der Waals surface area contributed by atoms with E-state index in [1.54, 1.807) is 19.2 Å². The molecule has 1 aromatic rings. The van der Waals surface area contributed by atoms with Crippen molar-refractivity contribution >= 4 is 34.8 Å². The highest BCUT2D eigenvalue weighted by molar-refractivity contribution is 6.44. The van der Waals surface area contributed by atoms with Gasteiger partial charge in [-0.25, -0.2) is 0 Å². The molecule has 0 fully saturated rings. The highest BCUT2D eigenvalue weighted by Gasteiger charge is 2.09. The molecule has 3 nitrogen and oxygen atoms in total. The minimum atomic E-state index is -0.465. The van der Waals surface area contributed by atoms with E-state index in [-0.39, 0.29) is 0 Å². The third kappa shape index (κ3) is 4.92. The molecule has 0 aliphatic heterocycles. The van der Waals surface area contributed by atoms with Crippen LogP contribution in [0, 0.1) is 0 Å². The quantitative estimate of drug-likeness (QED) is 0.600. The highest BCUT2D eigenvalue weighted by Crippen LogP contribution is 2.31. The monoisotopic (exact) mass is 311 g/mol. The molecule has 0 aliphatic carbocycles. The van der Waals surface area contributed by atoms with Gasteiger partial charge in [0, 0.05) is 24.2 Å². The summed E-state index contributed by atoms with van der Waals surface area (Å²) in [6, 6.07) is 3.38. The SMILES string of the molecule is COCC(O)CCNCc1c(Cl)ccc(Cl)c1Cl. The van der Waals surface area contributed by atoms with Crippen LogP contribution in [-0.4, -0.2) is 31.5 Å². The second-order valence-electron chi connectivity index (χ2n) is 3.90. The number of halogens is 3. The summed E-state index contributed by atoms with van der Waals surface area (Å²) in [5.74, 6) is 0. The van der Waals surface area contributed by atoms with Crippen molar-refractivity contribution in [3.8, 4) is 0 Å². The van der Waals surface area contributed by atoms with Crippen molar-refractivity contribution < 1.29 is 9.84 Å². The van der Waals surface area contributed by atoms with Crippen LogP contribution >= 0.6 is 34.8 Å². The maximum absolute atomic E-state index is 9.46. The summed E-state index contributed by atoms with van der Waals surface area (Å²) in [6.45, 7) is 1.49. The molecule has 2 N–H and O–H groups in total. The number of rotatable bonds is 7. The standard InChI is InChI=1S/C12H16Cl3NO2/c1-18-7-8(17)4-5-16-6-9-10(13)2-3-11(14)12(9)15/h2-3,8,16-17H,4-7H2,1H3. The Labute approximate surface area is 122 Å². The molecule has 0 aliphatic rings. The Bertz CT molecular complexity index is 388. The molecule has 18 heavy (non-hydrogen) atoms.